The number of rotatable bonds is 5. The highest BCUT2D eigenvalue weighted by atomic mass is 79.9. The Morgan fingerprint density at radius 1 is 1.26 bits per heavy atom. The first-order chi connectivity index (χ1) is 16.8. The minimum Gasteiger partial charge on any atom is -0.453 e. The van der Waals surface area contributed by atoms with Gasteiger partial charge in [-0.25, -0.2) is 9.78 Å². The van der Waals surface area contributed by atoms with Crippen molar-refractivity contribution in [3.8, 4) is 11.3 Å². The highest BCUT2D eigenvalue weighted by Crippen LogP contribution is 2.52. The van der Waals surface area contributed by atoms with Crippen molar-refractivity contribution in [1.82, 2.24) is 20.2 Å². The van der Waals surface area contributed by atoms with Gasteiger partial charge in [-0.3, -0.25) is 9.59 Å². The van der Waals surface area contributed by atoms with Gasteiger partial charge in [-0.2, -0.15) is 0 Å². The number of hydrogen-bond donors (Lipinski definition) is 2. The number of aromatic amines is 1. The minimum atomic E-state index is -0.658. The molecule has 2 amide bonds. The van der Waals surface area contributed by atoms with Gasteiger partial charge in [0.15, 0.2) is 0 Å². The Morgan fingerprint density at radius 3 is 2.80 bits per heavy atom. The number of aromatic nitrogens is 2. The van der Waals surface area contributed by atoms with E-state index in [-0.39, 0.29) is 17.9 Å². The summed E-state index contributed by atoms with van der Waals surface area (Å²) in [6.07, 6.45) is 5.12. The number of Topliss-reactive ketones (excluding diaryl/α,β-unsaturated/α-hetero) is 1. The van der Waals surface area contributed by atoms with Crippen LogP contribution < -0.4 is 5.32 Å². The SMILES string of the molecule is COC(=O)N[C@H](C(=O)N1CCC[C@H]1c1ncc(-c2ccc(Br)c3c2CC2CC(=O)CC32)[nH]1)C(C)C. The van der Waals surface area contributed by atoms with Crippen molar-refractivity contribution in [1.29, 1.82) is 0 Å². The maximum absolute atomic E-state index is 13.4. The molecule has 1 aromatic heterocycles. The largest absolute Gasteiger partial charge is 0.453 e. The molecule has 2 aliphatic carbocycles. The molecule has 2 heterocycles. The van der Waals surface area contributed by atoms with Crippen molar-refractivity contribution < 1.29 is 19.1 Å². The lowest BCUT2D eigenvalue weighted by Gasteiger charge is -2.30. The van der Waals surface area contributed by atoms with Crippen LogP contribution in [0.5, 0.6) is 0 Å². The van der Waals surface area contributed by atoms with Gasteiger partial charge in [-0.1, -0.05) is 35.8 Å². The molecule has 1 saturated carbocycles. The lowest BCUT2D eigenvalue weighted by molar-refractivity contribution is -0.135. The fourth-order valence-electron chi connectivity index (χ4n) is 6.09. The van der Waals surface area contributed by atoms with E-state index in [1.165, 1.54) is 18.2 Å². The van der Waals surface area contributed by atoms with Crippen LogP contribution in [-0.2, 0) is 20.7 Å². The second-order valence-electron chi connectivity index (χ2n) is 10.2. The lowest BCUT2D eigenvalue weighted by Crippen LogP contribution is -2.51. The average molecular weight is 543 g/mol. The molecular weight excluding hydrogens is 512 g/mol. The Kier molecular flexibility index (Phi) is 6.46. The normalized spacial score (nSPS) is 24.0. The molecule has 0 bridgehead atoms. The maximum Gasteiger partial charge on any atom is 0.407 e. The van der Waals surface area contributed by atoms with Gasteiger partial charge in [0.1, 0.15) is 17.6 Å². The summed E-state index contributed by atoms with van der Waals surface area (Å²) in [5, 5.41) is 2.69. The fourth-order valence-corrected chi connectivity index (χ4v) is 6.75. The topological polar surface area (TPSA) is 104 Å². The van der Waals surface area contributed by atoms with Crippen LogP contribution in [0, 0.1) is 11.8 Å². The molecule has 2 unspecified atom stereocenters. The second kappa shape index (κ2) is 9.41. The van der Waals surface area contributed by atoms with E-state index in [9.17, 15) is 14.4 Å². The molecule has 2 N–H and O–H groups in total. The van der Waals surface area contributed by atoms with Crippen LogP contribution in [0.3, 0.4) is 0 Å². The molecule has 0 radical (unpaired) electrons. The Balaban J connectivity index is 1.41. The maximum atomic E-state index is 13.4. The van der Waals surface area contributed by atoms with Crippen molar-refractivity contribution in [2.75, 3.05) is 13.7 Å². The molecule has 1 aliphatic heterocycles. The summed E-state index contributed by atoms with van der Waals surface area (Å²) in [6, 6.07) is 3.35. The highest BCUT2D eigenvalue weighted by Gasteiger charge is 2.42. The van der Waals surface area contributed by atoms with E-state index in [0.717, 1.165) is 40.8 Å². The molecule has 35 heavy (non-hydrogen) atoms. The number of ether oxygens (including phenoxy) is 1. The smallest absolute Gasteiger partial charge is 0.407 e. The zero-order valence-electron chi connectivity index (χ0n) is 20.3. The van der Waals surface area contributed by atoms with Crippen LogP contribution in [0.25, 0.3) is 11.3 Å². The van der Waals surface area contributed by atoms with Gasteiger partial charge in [-0.05, 0) is 54.2 Å². The van der Waals surface area contributed by atoms with E-state index in [1.54, 1.807) is 0 Å². The number of likely N-dealkylation sites (tertiary alicyclic amines) is 1. The molecule has 2 aromatic rings. The van der Waals surface area contributed by atoms with E-state index in [1.807, 2.05) is 24.9 Å². The number of nitrogens with one attached hydrogen (secondary N) is 2. The van der Waals surface area contributed by atoms with E-state index in [0.29, 0.717) is 37.0 Å². The number of nitrogens with zero attached hydrogens (tertiary/aromatic N) is 2. The van der Waals surface area contributed by atoms with E-state index < -0.39 is 12.1 Å². The van der Waals surface area contributed by atoms with Crippen LogP contribution in [0.4, 0.5) is 4.79 Å². The second-order valence-corrected chi connectivity index (χ2v) is 11.1. The monoisotopic (exact) mass is 542 g/mol. The number of hydrogen-bond acceptors (Lipinski definition) is 5. The molecule has 2 fully saturated rings. The van der Waals surface area contributed by atoms with Crippen LogP contribution >= 0.6 is 15.9 Å². The highest BCUT2D eigenvalue weighted by molar-refractivity contribution is 9.10. The van der Waals surface area contributed by atoms with Gasteiger partial charge in [0, 0.05) is 29.4 Å². The summed E-state index contributed by atoms with van der Waals surface area (Å²) in [5.74, 6) is 1.61. The molecule has 4 atom stereocenters. The zero-order valence-corrected chi connectivity index (χ0v) is 21.9. The summed E-state index contributed by atoms with van der Waals surface area (Å²) in [4.78, 5) is 47.3. The predicted molar refractivity (Wildman–Crippen MR) is 134 cm³/mol. The first-order valence-corrected chi connectivity index (χ1v) is 13.1. The number of H-pyrrole nitrogens is 1. The summed E-state index contributed by atoms with van der Waals surface area (Å²) in [5.41, 5.74) is 4.61. The van der Waals surface area contributed by atoms with Crippen LogP contribution in [-0.4, -0.2) is 52.3 Å². The number of methoxy groups -OCH3 is 1. The van der Waals surface area contributed by atoms with E-state index >= 15 is 0 Å². The molecule has 1 saturated heterocycles. The molecule has 9 heteroatoms. The van der Waals surface area contributed by atoms with Crippen LogP contribution in [0.2, 0.25) is 0 Å². The van der Waals surface area contributed by atoms with Crippen molar-refractivity contribution in [3.05, 3.63) is 39.8 Å². The Hall–Kier alpha value is -2.68. The Morgan fingerprint density at radius 2 is 2.06 bits per heavy atom. The summed E-state index contributed by atoms with van der Waals surface area (Å²) < 4.78 is 5.80. The third-order valence-corrected chi connectivity index (χ3v) is 8.47. The number of ketones is 1. The predicted octanol–water partition coefficient (Wildman–Crippen LogP) is 4.50. The number of carbonyl (C=O) groups is 3. The third kappa shape index (κ3) is 4.28. The number of benzene rings is 1. The van der Waals surface area contributed by atoms with E-state index in [2.05, 4.69) is 38.4 Å². The van der Waals surface area contributed by atoms with Gasteiger partial charge in [0.05, 0.1) is 25.0 Å². The van der Waals surface area contributed by atoms with Gasteiger partial charge < -0.3 is 19.9 Å². The van der Waals surface area contributed by atoms with E-state index in [4.69, 9.17) is 9.72 Å². The summed E-state index contributed by atoms with van der Waals surface area (Å²) in [6.45, 7) is 4.44. The first kappa shape index (κ1) is 24.0. The van der Waals surface area contributed by atoms with Gasteiger partial charge in [0.2, 0.25) is 5.91 Å². The van der Waals surface area contributed by atoms with Gasteiger partial charge in [0.25, 0.3) is 0 Å². The molecular formula is C26H31BrN4O4. The van der Waals surface area contributed by atoms with Crippen molar-refractivity contribution in [2.45, 2.75) is 64.0 Å². The number of fused-ring (bicyclic) bond motifs is 3. The van der Waals surface area contributed by atoms with Crippen molar-refractivity contribution in [3.63, 3.8) is 0 Å². The van der Waals surface area contributed by atoms with Crippen LogP contribution in [0.15, 0.2) is 22.8 Å². The summed E-state index contributed by atoms with van der Waals surface area (Å²) in [7, 11) is 1.30. The lowest BCUT2D eigenvalue weighted by atomic mass is 9.95. The first-order valence-electron chi connectivity index (χ1n) is 12.3. The third-order valence-electron chi connectivity index (χ3n) is 7.78. The zero-order chi connectivity index (χ0) is 24.9. The van der Waals surface area contributed by atoms with Crippen molar-refractivity contribution in [2.24, 2.45) is 11.8 Å². The fraction of sp³-hybridized carbons (Fsp3) is 0.538. The minimum absolute atomic E-state index is 0.0771. The number of imidazole rings is 1. The van der Waals surface area contributed by atoms with Gasteiger partial charge in [-0.15, -0.1) is 0 Å². The number of alkyl carbamates (subject to hydrolysis) is 1. The summed E-state index contributed by atoms with van der Waals surface area (Å²) >= 11 is 3.72. The quantitative estimate of drug-likeness (QED) is 0.578. The number of carbonyl (C=O) groups excluding carboxylic acids is 3. The molecule has 186 valence electrons. The average Bonchev–Trinajstić information content (AvgIpc) is 3.59. The van der Waals surface area contributed by atoms with Gasteiger partial charge >= 0.3 is 6.09 Å². The number of halogens is 1. The number of amides is 2. The Labute approximate surface area is 213 Å². The molecule has 3 aliphatic rings. The van der Waals surface area contributed by atoms with Crippen molar-refractivity contribution >= 4 is 33.7 Å². The molecule has 5 rings (SSSR count). The Bertz CT molecular complexity index is 1180. The van der Waals surface area contributed by atoms with Crippen LogP contribution in [0.1, 0.15) is 68.4 Å². The molecule has 0 spiro atoms. The standard InChI is InChI=1S/C26H31BrN4O4/c1-13(2)23(30-26(34)35-3)25(33)31-8-4-5-21(31)24-28-12-20(29-24)16-6-7-19(27)22-17-11-15(32)9-14(17)10-18(16)22/h6-7,12-14,17,21,23H,4-5,8-11H2,1-3H3,(H,28,29)(H,30,34)/t14?,17?,21-,23-/m0/s1. The molecule has 8 nitrogen and oxygen atoms in total. The molecule has 1 aromatic carbocycles.